The number of hydrogen-bond donors (Lipinski definition) is 1. The Hall–Kier alpha value is -1.57. The van der Waals surface area contributed by atoms with Gasteiger partial charge in [-0.05, 0) is 60.9 Å². The quantitative estimate of drug-likeness (QED) is 0.726. The Morgan fingerprint density at radius 1 is 1.38 bits per heavy atom. The van der Waals surface area contributed by atoms with Crippen molar-refractivity contribution in [2.45, 2.75) is 25.7 Å². The van der Waals surface area contributed by atoms with Gasteiger partial charge in [-0.15, -0.1) is 0 Å². The van der Waals surface area contributed by atoms with Crippen LogP contribution in [0.1, 0.15) is 29.2 Å². The summed E-state index contributed by atoms with van der Waals surface area (Å²) in [4.78, 5) is 4.73. The van der Waals surface area contributed by atoms with Crippen LogP contribution in [0.4, 0.5) is 0 Å². The zero-order valence-corrected chi connectivity index (χ0v) is 9.20. The lowest BCUT2D eigenvalue weighted by Crippen LogP contribution is -1.96. The molecular weight excluding hydrogens is 198 g/mol. The Bertz CT molecular complexity index is 618. The van der Waals surface area contributed by atoms with Gasteiger partial charge in [0.15, 0.2) is 0 Å². The van der Waals surface area contributed by atoms with E-state index in [1.807, 2.05) is 12.1 Å². The molecule has 1 aromatic heterocycles. The van der Waals surface area contributed by atoms with E-state index in [-0.39, 0.29) is 0 Å². The smallest absolute Gasteiger partial charge is 0.116 e. The molecule has 1 fully saturated rings. The lowest BCUT2D eigenvalue weighted by atomic mass is 10.00. The third-order valence-corrected chi connectivity index (χ3v) is 4.10. The van der Waals surface area contributed by atoms with Gasteiger partial charge in [-0.3, -0.25) is 4.98 Å². The fourth-order valence-corrected chi connectivity index (χ4v) is 3.21. The second-order valence-electron chi connectivity index (χ2n) is 5.11. The zero-order valence-electron chi connectivity index (χ0n) is 9.20. The normalized spacial score (nSPS) is 25.6. The molecular formula is C14H13NO. The molecule has 0 saturated heterocycles. The van der Waals surface area contributed by atoms with Crippen LogP contribution < -0.4 is 0 Å². The fraction of sp³-hybridized carbons (Fsp3) is 0.357. The number of nitrogens with zero attached hydrogens (tertiary/aromatic N) is 1. The van der Waals surface area contributed by atoms with E-state index >= 15 is 0 Å². The van der Waals surface area contributed by atoms with E-state index in [4.69, 9.17) is 4.98 Å². The summed E-state index contributed by atoms with van der Waals surface area (Å²) in [5.41, 5.74) is 5.14. The van der Waals surface area contributed by atoms with Crippen molar-refractivity contribution in [2.24, 2.45) is 5.92 Å². The van der Waals surface area contributed by atoms with Crippen LogP contribution in [0.2, 0.25) is 0 Å². The molecule has 16 heavy (non-hydrogen) atoms. The van der Waals surface area contributed by atoms with Crippen molar-refractivity contribution in [1.29, 1.82) is 0 Å². The summed E-state index contributed by atoms with van der Waals surface area (Å²) in [5.74, 6) is 1.98. The number of benzene rings is 1. The lowest BCUT2D eigenvalue weighted by Gasteiger charge is -2.10. The Kier molecular flexibility index (Phi) is 1.37. The van der Waals surface area contributed by atoms with E-state index in [0.29, 0.717) is 5.75 Å². The van der Waals surface area contributed by atoms with Crippen LogP contribution >= 0.6 is 0 Å². The molecule has 1 aromatic carbocycles. The van der Waals surface area contributed by atoms with Crippen LogP contribution in [0.15, 0.2) is 18.2 Å². The maximum absolute atomic E-state index is 9.55. The minimum absolute atomic E-state index is 0.336. The molecule has 2 atom stereocenters. The SMILES string of the molecule is Cc1c2c(nc3ccc(O)cc13)CC1CC21. The number of aromatic hydroxyl groups is 1. The molecule has 0 radical (unpaired) electrons. The third-order valence-electron chi connectivity index (χ3n) is 4.10. The second-order valence-corrected chi connectivity index (χ2v) is 5.11. The number of aryl methyl sites for hydroxylation is 1. The van der Waals surface area contributed by atoms with Gasteiger partial charge in [0, 0.05) is 11.1 Å². The molecule has 1 N–H and O–H groups in total. The van der Waals surface area contributed by atoms with Crippen molar-refractivity contribution in [3.8, 4) is 5.75 Å². The van der Waals surface area contributed by atoms with Crippen LogP contribution in [-0.4, -0.2) is 10.1 Å². The average molecular weight is 211 g/mol. The number of aromatic nitrogens is 1. The molecule has 1 saturated carbocycles. The number of hydrogen-bond acceptors (Lipinski definition) is 2. The summed E-state index contributed by atoms with van der Waals surface area (Å²) in [7, 11) is 0. The summed E-state index contributed by atoms with van der Waals surface area (Å²) in [6.45, 7) is 2.17. The van der Waals surface area contributed by atoms with Gasteiger partial charge in [0.25, 0.3) is 0 Å². The van der Waals surface area contributed by atoms with E-state index in [9.17, 15) is 5.11 Å². The second kappa shape index (κ2) is 2.57. The average Bonchev–Trinajstić information content (AvgIpc) is 2.92. The Labute approximate surface area is 93.9 Å². The van der Waals surface area contributed by atoms with Crippen molar-refractivity contribution in [3.63, 3.8) is 0 Å². The molecule has 2 aliphatic carbocycles. The Balaban J connectivity index is 2.11. The summed E-state index contributed by atoms with van der Waals surface area (Å²) in [5, 5.41) is 10.7. The van der Waals surface area contributed by atoms with Gasteiger partial charge in [-0.1, -0.05) is 0 Å². The molecule has 0 bridgehead atoms. The highest BCUT2D eigenvalue weighted by molar-refractivity contribution is 5.85. The molecule has 2 nitrogen and oxygen atoms in total. The monoisotopic (exact) mass is 211 g/mol. The van der Waals surface area contributed by atoms with Crippen LogP contribution in [0.3, 0.4) is 0 Å². The van der Waals surface area contributed by atoms with Gasteiger partial charge in [0.2, 0.25) is 0 Å². The van der Waals surface area contributed by atoms with E-state index in [1.54, 1.807) is 6.07 Å². The lowest BCUT2D eigenvalue weighted by molar-refractivity contribution is 0.476. The van der Waals surface area contributed by atoms with Crippen LogP contribution in [0.25, 0.3) is 10.9 Å². The highest BCUT2D eigenvalue weighted by atomic mass is 16.3. The van der Waals surface area contributed by atoms with Crippen molar-refractivity contribution >= 4 is 10.9 Å². The van der Waals surface area contributed by atoms with Crippen molar-refractivity contribution in [1.82, 2.24) is 4.98 Å². The molecule has 2 aromatic rings. The Morgan fingerprint density at radius 3 is 3.12 bits per heavy atom. The van der Waals surface area contributed by atoms with Crippen molar-refractivity contribution < 1.29 is 5.11 Å². The molecule has 2 unspecified atom stereocenters. The molecule has 2 aliphatic rings. The van der Waals surface area contributed by atoms with Crippen LogP contribution in [0, 0.1) is 12.8 Å². The summed E-state index contributed by atoms with van der Waals surface area (Å²) in [6, 6.07) is 5.48. The van der Waals surface area contributed by atoms with E-state index in [0.717, 1.165) is 29.2 Å². The van der Waals surface area contributed by atoms with E-state index in [1.165, 1.54) is 23.2 Å². The van der Waals surface area contributed by atoms with E-state index < -0.39 is 0 Å². The van der Waals surface area contributed by atoms with Gasteiger partial charge in [-0.25, -0.2) is 0 Å². The third kappa shape index (κ3) is 0.946. The first-order chi connectivity index (χ1) is 7.74. The first-order valence-electron chi connectivity index (χ1n) is 5.86. The zero-order chi connectivity index (χ0) is 10.9. The summed E-state index contributed by atoms with van der Waals surface area (Å²) >= 11 is 0. The summed E-state index contributed by atoms with van der Waals surface area (Å²) < 4.78 is 0. The van der Waals surface area contributed by atoms with Gasteiger partial charge < -0.3 is 5.11 Å². The van der Waals surface area contributed by atoms with E-state index in [2.05, 4.69) is 6.92 Å². The number of rotatable bonds is 0. The number of phenolic OH excluding ortho intramolecular Hbond substituents is 1. The first kappa shape index (κ1) is 8.57. The van der Waals surface area contributed by atoms with Crippen LogP contribution in [0.5, 0.6) is 5.75 Å². The fourth-order valence-electron chi connectivity index (χ4n) is 3.21. The highest BCUT2D eigenvalue weighted by Gasteiger charge is 2.46. The highest BCUT2D eigenvalue weighted by Crippen LogP contribution is 2.57. The molecule has 80 valence electrons. The molecule has 0 spiro atoms. The molecule has 1 heterocycles. The van der Waals surface area contributed by atoms with Gasteiger partial charge >= 0.3 is 0 Å². The number of phenols is 1. The predicted molar refractivity (Wildman–Crippen MR) is 62.7 cm³/mol. The van der Waals surface area contributed by atoms with Crippen molar-refractivity contribution in [2.75, 3.05) is 0 Å². The predicted octanol–water partition coefficient (Wildman–Crippen LogP) is 2.91. The van der Waals surface area contributed by atoms with Gasteiger partial charge in [-0.2, -0.15) is 0 Å². The molecule has 0 amide bonds. The maximum Gasteiger partial charge on any atom is 0.116 e. The number of fused-ring (bicyclic) bond motifs is 4. The summed E-state index contributed by atoms with van der Waals surface area (Å²) in [6.07, 6.45) is 2.51. The largest absolute Gasteiger partial charge is 0.508 e. The van der Waals surface area contributed by atoms with Gasteiger partial charge in [0.05, 0.1) is 5.52 Å². The van der Waals surface area contributed by atoms with Crippen LogP contribution in [-0.2, 0) is 6.42 Å². The molecule has 4 rings (SSSR count). The maximum atomic E-state index is 9.55. The topological polar surface area (TPSA) is 33.1 Å². The Morgan fingerprint density at radius 2 is 2.25 bits per heavy atom. The first-order valence-corrected chi connectivity index (χ1v) is 5.86. The minimum Gasteiger partial charge on any atom is -0.508 e. The molecule has 0 aliphatic heterocycles. The van der Waals surface area contributed by atoms with Gasteiger partial charge in [0.1, 0.15) is 5.75 Å². The standard InChI is InChI=1S/C14H13NO/c1-7-10-6-9(16)2-3-12(10)15-13-5-8-4-11(8)14(7)13/h2-3,6,8,11,16H,4-5H2,1H3. The molecule has 2 heteroatoms. The minimum atomic E-state index is 0.336. The van der Waals surface area contributed by atoms with Crippen molar-refractivity contribution in [3.05, 3.63) is 35.0 Å². The number of pyridine rings is 1.